The number of amides is 1. The van der Waals surface area contributed by atoms with Gasteiger partial charge in [-0.05, 0) is 18.8 Å². The van der Waals surface area contributed by atoms with E-state index in [1.165, 1.54) is 0 Å². The predicted octanol–water partition coefficient (Wildman–Crippen LogP) is 0.517. The second-order valence-corrected chi connectivity index (χ2v) is 3.69. The number of hydrogen-bond acceptors (Lipinski definition) is 3. The molecule has 0 spiro atoms. The summed E-state index contributed by atoms with van der Waals surface area (Å²) >= 11 is 0. The molecule has 4 heteroatoms. The number of hydrogen-bond donors (Lipinski definition) is 2. The van der Waals surface area contributed by atoms with Gasteiger partial charge in [0.15, 0.2) is 0 Å². The lowest BCUT2D eigenvalue weighted by molar-refractivity contribution is -0.123. The van der Waals surface area contributed by atoms with E-state index in [9.17, 15) is 4.79 Å². The van der Waals surface area contributed by atoms with Crippen LogP contribution in [0.25, 0.3) is 0 Å². The number of carbonyl (C=O) groups is 1. The Morgan fingerprint density at radius 1 is 1.77 bits per heavy atom. The van der Waals surface area contributed by atoms with Crippen molar-refractivity contribution < 1.29 is 9.90 Å². The molecule has 0 aliphatic heterocycles. The van der Waals surface area contributed by atoms with Gasteiger partial charge in [-0.2, -0.15) is 5.10 Å². The van der Waals surface area contributed by atoms with E-state index < -0.39 is 12.5 Å². The highest BCUT2D eigenvalue weighted by Gasteiger charge is 2.28. The van der Waals surface area contributed by atoms with Crippen molar-refractivity contribution in [2.45, 2.75) is 26.7 Å². The van der Waals surface area contributed by atoms with Gasteiger partial charge in [-0.3, -0.25) is 4.79 Å². The van der Waals surface area contributed by atoms with E-state index in [0.29, 0.717) is 11.8 Å². The van der Waals surface area contributed by atoms with Gasteiger partial charge < -0.3 is 5.11 Å². The van der Waals surface area contributed by atoms with Crippen LogP contribution in [0, 0.1) is 11.8 Å². The zero-order valence-electron chi connectivity index (χ0n) is 8.08. The quantitative estimate of drug-likeness (QED) is 0.628. The average molecular weight is 184 g/mol. The first-order chi connectivity index (χ1) is 6.15. The molecule has 0 aromatic carbocycles. The second kappa shape index (κ2) is 4.37. The van der Waals surface area contributed by atoms with E-state index in [1.54, 1.807) is 0 Å². The molecular weight excluding hydrogens is 168 g/mol. The molecule has 1 fully saturated rings. The van der Waals surface area contributed by atoms with E-state index in [0.717, 1.165) is 18.6 Å². The van der Waals surface area contributed by atoms with E-state index in [-0.39, 0.29) is 0 Å². The van der Waals surface area contributed by atoms with Gasteiger partial charge in [0.05, 0.1) is 0 Å². The van der Waals surface area contributed by atoms with E-state index in [4.69, 9.17) is 5.11 Å². The van der Waals surface area contributed by atoms with Gasteiger partial charge in [0.25, 0.3) is 5.91 Å². The maximum atomic E-state index is 10.7. The molecule has 2 N–H and O–H groups in total. The summed E-state index contributed by atoms with van der Waals surface area (Å²) in [6.07, 6.45) is 2.13. The van der Waals surface area contributed by atoms with Crippen LogP contribution in [-0.4, -0.2) is 23.3 Å². The molecular formula is C9H16N2O2. The van der Waals surface area contributed by atoms with Crippen LogP contribution in [0.3, 0.4) is 0 Å². The number of nitrogens with zero attached hydrogens (tertiary/aromatic N) is 1. The molecule has 1 atom stereocenters. The number of aliphatic hydroxyl groups excluding tert-OH is 1. The average Bonchev–Trinajstić information content (AvgIpc) is 2.01. The smallest absolute Gasteiger partial charge is 0.265 e. The van der Waals surface area contributed by atoms with Crippen LogP contribution < -0.4 is 5.43 Å². The standard InChI is InChI=1S/C9H16N2O2/c1-6(2)7-3-4-8(7)10-11-9(13)5-12/h6-7,12H,3-5H2,1-2H3,(H,11,13)/b10-8+. The highest BCUT2D eigenvalue weighted by molar-refractivity contribution is 5.93. The van der Waals surface area contributed by atoms with E-state index in [2.05, 4.69) is 24.4 Å². The molecule has 1 amide bonds. The Morgan fingerprint density at radius 2 is 2.46 bits per heavy atom. The third kappa shape index (κ3) is 2.52. The first-order valence-electron chi connectivity index (χ1n) is 4.61. The van der Waals surface area contributed by atoms with Gasteiger partial charge in [-0.1, -0.05) is 13.8 Å². The summed E-state index contributed by atoms with van der Waals surface area (Å²) in [5.74, 6) is 0.652. The number of hydrazone groups is 1. The lowest BCUT2D eigenvalue weighted by Gasteiger charge is -2.31. The maximum Gasteiger partial charge on any atom is 0.265 e. The molecule has 13 heavy (non-hydrogen) atoms. The van der Waals surface area contributed by atoms with Crippen molar-refractivity contribution >= 4 is 11.6 Å². The normalized spacial score (nSPS) is 24.6. The minimum atomic E-state index is -0.497. The second-order valence-electron chi connectivity index (χ2n) is 3.69. The third-order valence-electron chi connectivity index (χ3n) is 2.41. The molecule has 0 heterocycles. The maximum absolute atomic E-state index is 10.7. The Hall–Kier alpha value is -0.900. The molecule has 1 unspecified atom stereocenters. The zero-order chi connectivity index (χ0) is 9.84. The van der Waals surface area contributed by atoms with Gasteiger partial charge in [0.2, 0.25) is 0 Å². The van der Waals surface area contributed by atoms with Crippen LogP contribution in [0.1, 0.15) is 26.7 Å². The Kier molecular flexibility index (Phi) is 3.42. The lowest BCUT2D eigenvalue weighted by atomic mass is 9.75. The van der Waals surface area contributed by atoms with Crippen molar-refractivity contribution in [3.8, 4) is 0 Å². The first kappa shape index (κ1) is 10.2. The summed E-state index contributed by atoms with van der Waals surface area (Å²) < 4.78 is 0. The highest BCUT2D eigenvalue weighted by atomic mass is 16.3. The van der Waals surface area contributed by atoms with Crippen LogP contribution in [0.15, 0.2) is 5.10 Å². The number of nitrogens with one attached hydrogen (secondary N) is 1. The molecule has 74 valence electrons. The van der Waals surface area contributed by atoms with Crippen LogP contribution in [-0.2, 0) is 4.79 Å². The SMILES string of the molecule is CC(C)C1CC/C1=N\NC(=O)CO. The third-order valence-corrected chi connectivity index (χ3v) is 2.41. The van der Waals surface area contributed by atoms with Crippen LogP contribution >= 0.6 is 0 Å². The summed E-state index contributed by atoms with van der Waals surface area (Å²) in [7, 11) is 0. The van der Waals surface area contributed by atoms with Gasteiger partial charge in [-0.25, -0.2) is 5.43 Å². The summed E-state index contributed by atoms with van der Waals surface area (Å²) in [6.45, 7) is 3.80. The Morgan fingerprint density at radius 3 is 2.85 bits per heavy atom. The van der Waals surface area contributed by atoms with Crippen LogP contribution in [0.4, 0.5) is 0 Å². The van der Waals surface area contributed by atoms with E-state index in [1.807, 2.05) is 0 Å². The van der Waals surface area contributed by atoms with Crippen LogP contribution in [0.5, 0.6) is 0 Å². The summed E-state index contributed by atoms with van der Waals surface area (Å²) in [4.78, 5) is 10.7. The van der Waals surface area contributed by atoms with Crippen molar-refractivity contribution in [2.75, 3.05) is 6.61 Å². The topological polar surface area (TPSA) is 61.7 Å². The molecule has 0 aromatic rings. The van der Waals surface area contributed by atoms with Gasteiger partial charge in [0, 0.05) is 11.6 Å². The molecule has 1 aliphatic rings. The summed E-state index contributed by atoms with van der Waals surface area (Å²) in [6, 6.07) is 0. The minimum absolute atomic E-state index is 0.443. The predicted molar refractivity (Wildman–Crippen MR) is 50.2 cm³/mol. The van der Waals surface area contributed by atoms with Gasteiger partial charge in [-0.15, -0.1) is 0 Å². The molecule has 0 bridgehead atoms. The minimum Gasteiger partial charge on any atom is -0.386 e. The molecule has 0 radical (unpaired) electrons. The Balaban J connectivity index is 2.39. The fourth-order valence-electron chi connectivity index (χ4n) is 1.47. The fourth-order valence-corrected chi connectivity index (χ4v) is 1.47. The van der Waals surface area contributed by atoms with Crippen molar-refractivity contribution in [2.24, 2.45) is 16.9 Å². The monoisotopic (exact) mass is 184 g/mol. The van der Waals surface area contributed by atoms with Crippen molar-refractivity contribution in [3.05, 3.63) is 0 Å². The van der Waals surface area contributed by atoms with Crippen LogP contribution in [0.2, 0.25) is 0 Å². The molecule has 0 saturated heterocycles. The lowest BCUT2D eigenvalue weighted by Crippen LogP contribution is -2.34. The number of aliphatic hydroxyl groups is 1. The van der Waals surface area contributed by atoms with E-state index >= 15 is 0 Å². The largest absolute Gasteiger partial charge is 0.386 e. The number of rotatable bonds is 3. The van der Waals surface area contributed by atoms with Gasteiger partial charge in [0.1, 0.15) is 6.61 Å². The molecule has 1 saturated carbocycles. The summed E-state index contributed by atoms with van der Waals surface area (Å²) in [5.41, 5.74) is 3.37. The Bertz CT molecular complexity index is 224. The molecule has 1 aliphatic carbocycles. The first-order valence-corrected chi connectivity index (χ1v) is 4.61. The van der Waals surface area contributed by atoms with Crippen molar-refractivity contribution in [1.29, 1.82) is 0 Å². The Labute approximate surface area is 78.0 Å². The highest BCUT2D eigenvalue weighted by Crippen LogP contribution is 2.30. The molecule has 0 aromatic heterocycles. The zero-order valence-corrected chi connectivity index (χ0v) is 8.08. The number of carbonyl (C=O) groups excluding carboxylic acids is 1. The van der Waals surface area contributed by atoms with Crippen molar-refractivity contribution in [3.63, 3.8) is 0 Å². The summed E-state index contributed by atoms with van der Waals surface area (Å²) in [5, 5.41) is 12.4. The molecule has 1 rings (SSSR count). The fraction of sp³-hybridized carbons (Fsp3) is 0.778. The van der Waals surface area contributed by atoms with Gasteiger partial charge >= 0.3 is 0 Å². The van der Waals surface area contributed by atoms with Crippen molar-refractivity contribution in [1.82, 2.24) is 5.43 Å². The molecule has 4 nitrogen and oxygen atoms in total.